The lowest BCUT2D eigenvalue weighted by atomic mass is 10.2. The van der Waals surface area contributed by atoms with Crippen LogP contribution < -0.4 is 10.2 Å². The Morgan fingerprint density at radius 2 is 1.83 bits per heavy atom. The number of rotatable bonds is 6. The minimum absolute atomic E-state index is 0.0680. The van der Waals surface area contributed by atoms with Gasteiger partial charge < -0.3 is 14.1 Å². The molecule has 0 saturated carbocycles. The number of benzene rings is 2. The van der Waals surface area contributed by atoms with E-state index in [1.165, 1.54) is 0 Å². The molecule has 9 nitrogen and oxygen atoms in total. The molecule has 1 N–H and O–H groups in total. The highest BCUT2D eigenvalue weighted by Gasteiger charge is 2.22. The molecule has 1 aliphatic rings. The second kappa shape index (κ2) is 8.56. The van der Waals surface area contributed by atoms with Crippen molar-refractivity contribution in [3.63, 3.8) is 0 Å². The Hall–Kier alpha value is -4.01. The molecular formula is C21H18N4O5. The smallest absolute Gasteiger partial charge is 0.338 e. The molecule has 9 heteroatoms. The monoisotopic (exact) mass is 406 g/mol. The number of hydrogen-bond donors (Lipinski definition) is 1. The lowest BCUT2D eigenvalue weighted by Gasteiger charge is -2.15. The molecule has 1 fully saturated rings. The molecule has 0 bridgehead atoms. The second-order valence-electron chi connectivity index (χ2n) is 6.60. The largest absolute Gasteiger partial charge is 0.452 e. The lowest BCUT2D eigenvalue weighted by molar-refractivity contribution is -0.119. The number of carbonyl (C=O) groups is 3. The first-order valence-corrected chi connectivity index (χ1v) is 9.36. The Balaban J connectivity index is 1.29. The standard InChI is InChI=1S/C21H18N4O5/c26-17(22-21-24-23-19(30-21)14-5-2-1-3-6-14)13-29-20(28)15-8-10-16(11-9-15)25-12-4-7-18(25)27/h1-3,5-6,8-11H,4,7,12-13H2,(H,22,24,26). The fraction of sp³-hybridized carbons (Fsp3) is 0.190. The number of esters is 1. The summed E-state index contributed by atoms with van der Waals surface area (Å²) in [5.74, 6) is -0.927. The van der Waals surface area contributed by atoms with Gasteiger partial charge in [-0.1, -0.05) is 23.3 Å². The van der Waals surface area contributed by atoms with Crippen molar-refractivity contribution >= 4 is 29.5 Å². The Morgan fingerprint density at radius 1 is 1.07 bits per heavy atom. The summed E-state index contributed by atoms with van der Waals surface area (Å²) in [6.45, 7) is 0.165. The number of anilines is 2. The maximum atomic E-state index is 12.2. The molecule has 0 spiro atoms. The first-order chi connectivity index (χ1) is 14.6. The van der Waals surface area contributed by atoms with E-state index in [0.717, 1.165) is 17.7 Å². The SMILES string of the molecule is O=C(COC(=O)c1ccc(N2CCCC2=O)cc1)Nc1nnc(-c2ccccc2)o1. The van der Waals surface area contributed by atoms with Crippen LogP contribution in [0.2, 0.25) is 0 Å². The van der Waals surface area contributed by atoms with Crippen LogP contribution in [0.5, 0.6) is 0 Å². The van der Waals surface area contributed by atoms with Gasteiger partial charge in [-0.15, -0.1) is 5.10 Å². The van der Waals surface area contributed by atoms with Crippen molar-refractivity contribution in [1.29, 1.82) is 0 Å². The zero-order valence-electron chi connectivity index (χ0n) is 15.9. The van der Waals surface area contributed by atoms with Crippen molar-refractivity contribution in [2.24, 2.45) is 0 Å². The summed E-state index contributed by atoms with van der Waals surface area (Å²) >= 11 is 0. The number of nitrogens with zero attached hydrogens (tertiary/aromatic N) is 3. The Morgan fingerprint density at radius 3 is 2.53 bits per heavy atom. The average molecular weight is 406 g/mol. The molecule has 2 heterocycles. The molecule has 1 saturated heterocycles. The Bertz CT molecular complexity index is 1060. The minimum Gasteiger partial charge on any atom is -0.452 e. The highest BCUT2D eigenvalue weighted by molar-refractivity contribution is 5.97. The molecule has 30 heavy (non-hydrogen) atoms. The van der Waals surface area contributed by atoms with Crippen LogP contribution in [-0.4, -0.2) is 41.1 Å². The molecule has 0 atom stereocenters. The highest BCUT2D eigenvalue weighted by Crippen LogP contribution is 2.22. The van der Waals surface area contributed by atoms with E-state index >= 15 is 0 Å². The van der Waals surface area contributed by atoms with Crippen LogP contribution in [0.1, 0.15) is 23.2 Å². The van der Waals surface area contributed by atoms with E-state index in [4.69, 9.17) is 9.15 Å². The van der Waals surface area contributed by atoms with Crippen molar-refractivity contribution < 1.29 is 23.5 Å². The molecule has 0 aliphatic carbocycles. The van der Waals surface area contributed by atoms with Gasteiger partial charge >= 0.3 is 12.0 Å². The van der Waals surface area contributed by atoms with E-state index < -0.39 is 18.5 Å². The average Bonchev–Trinajstić information content (AvgIpc) is 3.42. The zero-order valence-corrected chi connectivity index (χ0v) is 15.9. The van der Waals surface area contributed by atoms with E-state index in [2.05, 4.69) is 15.5 Å². The fourth-order valence-corrected chi connectivity index (χ4v) is 3.04. The number of nitrogens with one attached hydrogen (secondary N) is 1. The van der Waals surface area contributed by atoms with Gasteiger partial charge in [-0.25, -0.2) is 4.79 Å². The van der Waals surface area contributed by atoms with Gasteiger partial charge in [-0.3, -0.25) is 14.9 Å². The summed E-state index contributed by atoms with van der Waals surface area (Å²) in [5.41, 5.74) is 1.73. The molecule has 2 amide bonds. The molecule has 0 unspecified atom stereocenters. The van der Waals surface area contributed by atoms with Crippen LogP contribution >= 0.6 is 0 Å². The molecule has 3 aromatic rings. The van der Waals surface area contributed by atoms with Crippen molar-refractivity contribution in [3.05, 3.63) is 60.2 Å². The molecule has 1 aliphatic heterocycles. The van der Waals surface area contributed by atoms with Crippen molar-refractivity contribution in [2.45, 2.75) is 12.8 Å². The van der Waals surface area contributed by atoms with Gasteiger partial charge in [0.1, 0.15) is 0 Å². The van der Waals surface area contributed by atoms with Gasteiger partial charge in [-0.05, 0) is 42.8 Å². The molecule has 1 aromatic heterocycles. The summed E-state index contributed by atoms with van der Waals surface area (Å²) in [6, 6.07) is 15.5. The third-order valence-corrected chi connectivity index (χ3v) is 4.51. The first kappa shape index (κ1) is 19.3. The van der Waals surface area contributed by atoms with Crippen molar-refractivity contribution in [2.75, 3.05) is 23.4 Å². The topological polar surface area (TPSA) is 115 Å². The molecule has 0 radical (unpaired) electrons. The van der Waals surface area contributed by atoms with Crippen LogP contribution in [0, 0.1) is 0 Å². The van der Waals surface area contributed by atoms with Crippen LogP contribution in [0.3, 0.4) is 0 Å². The van der Waals surface area contributed by atoms with E-state index in [9.17, 15) is 14.4 Å². The molecular weight excluding hydrogens is 388 g/mol. The van der Waals surface area contributed by atoms with E-state index in [1.807, 2.05) is 18.2 Å². The third-order valence-electron chi connectivity index (χ3n) is 4.51. The lowest BCUT2D eigenvalue weighted by Crippen LogP contribution is -2.23. The summed E-state index contributed by atoms with van der Waals surface area (Å²) in [4.78, 5) is 37.6. The second-order valence-corrected chi connectivity index (χ2v) is 6.60. The van der Waals surface area contributed by atoms with Crippen LogP contribution in [-0.2, 0) is 14.3 Å². The van der Waals surface area contributed by atoms with E-state index in [1.54, 1.807) is 41.3 Å². The summed E-state index contributed by atoms with van der Waals surface area (Å²) in [5, 5.41) is 10.0. The van der Waals surface area contributed by atoms with E-state index in [0.29, 0.717) is 13.0 Å². The Kier molecular flexibility index (Phi) is 5.51. The maximum Gasteiger partial charge on any atom is 0.338 e. The van der Waals surface area contributed by atoms with Crippen LogP contribution in [0.4, 0.5) is 11.7 Å². The third kappa shape index (κ3) is 4.35. The zero-order chi connectivity index (χ0) is 20.9. The van der Waals surface area contributed by atoms with Gasteiger partial charge in [0, 0.05) is 24.2 Å². The van der Waals surface area contributed by atoms with Crippen LogP contribution in [0.25, 0.3) is 11.5 Å². The van der Waals surface area contributed by atoms with E-state index in [-0.39, 0.29) is 23.4 Å². The first-order valence-electron chi connectivity index (χ1n) is 9.36. The molecule has 2 aromatic carbocycles. The van der Waals surface area contributed by atoms with Gasteiger partial charge in [0.25, 0.3) is 5.91 Å². The predicted octanol–water partition coefficient (Wildman–Crippen LogP) is 2.66. The number of carbonyl (C=O) groups excluding carboxylic acids is 3. The number of hydrogen-bond acceptors (Lipinski definition) is 7. The summed E-state index contributed by atoms with van der Waals surface area (Å²) in [7, 11) is 0. The number of amides is 2. The van der Waals surface area contributed by atoms with Gasteiger partial charge in [0.2, 0.25) is 11.8 Å². The fourth-order valence-electron chi connectivity index (χ4n) is 3.04. The van der Waals surface area contributed by atoms with Gasteiger partial charge in [0.05, 0.1) is 5.56 Å². The number of aromatic nitrogens is 2. The van der Waals surface area contributed by atoms with Crippen molar-refractivity contribution in [1.82, 2.24) is 10.2 Å². The quantitative estimate of drug-likeness (QED) is 0.626. The minimum atomic E-state index is -0.653. The molecule has 152 valence electrons. The number of ether oxygens (including phenoxy) is 1. The molecule has 4 rings (SSSR count). The predicted molar refractivity (Wildman–Crippen MR) is 107 cm³/mol. The normalized spacial score (nSPS) is 13.3. The Labute approximate surface area is 171 Å². The van der Waals surface area contributed by atoms with Gasteiger partial charge in [-0.2, -0.15) is 0 Å². The summed E-state index contributed by atoms with van der Waals surface area (Å²) in [6.07, 6.45) is 1.36. The van der Waals surface area contributed by atoms with Gasteiger partial charge in [0.15, 0.2) is 6.61 Å². The van der Waals surface area contributed by atoms with Crippen molar-refractivity contribution in [3.8, 4) is 11.5 Å². The summed E-state index contributed by atoms with van der Waals surface area (Å²) < 4.78 is 10.4. The highest BCUT2D eigenvalue weighted by atomic mass is 16.5. The van der Waals surface area contributed by atoms with Crippen LogP contribution in [0.15, 0.2) is 59.0 Å². The maximum absolute atomic E-state index is 12.2.